The van der Waals surface area contributed by atoms with Crippen LogP contribution in [0.5, 0.6) is 0 Å². The highest BCUT2D eigenvalue weighted by Gasteiger charge is 2.38. The number of fused-ring (bicyclic) bond motifs is 2. The number of carbonyl (C=O) groups excluding carboxylic acids is 1. The number of rotatable bonds is 2. The topological polar surface area (TPSA) is 67.3 Å². The van der Waals surface area contributed by atoms with Crippen molar-refractivity contribution in [3.05, 3.63) is 16.8 Å². The zero-order valence-corrected chi connectivity index (χ0v) is 10.6. The Hall–Kier alpha value is -1.40. The van der Waals surface area contributed by atoms with Crippen molar-refractivity contribution in [2.45, 2.75) is 18.5 Å². The second-order valence-corrected chi connectivity index (χ2v) is 4.90. The lowest BCUT2D eigenvalue weighted by atomic mass is 10.2. The number of nitrogens with zero attached hydrogens (tertiary/aromatic N) is 3. The molecule has 0 aliphatic carbocycles. The summed E-state index contributed by atoms with van der Waals surface area (Å²) >= 11 is 5.85. The van der Waals surface area contributed by atoms with Gasteiger partial charge in [0.15, 0.2) is 11.0 Å². The highest BCUT2D eigenvalue weighted by molar-refractivity contribution is 6.32. The number of ether oxygens (including phenoxy) is 1. The number of hydrogen-bond donors (Lipinski definition) is 1. The summed E-state index contributed by atoms with van der Waals surface area (Å²) in [5.74, 6) is 0.201. The van der Waals surface area contributed by atoms with Crippen LogP contribution in [0.25, 0.3) is 0 Å². The summed E-state index contributed by atoms with van der Waals surface area (Å²) in [5.41, 5.74) is 0.264. The Morgan fingerprint density at radius 2 is 2.44 bits per heavy atom. The number of halogens is 1. The molecule has 3 heterocycles. The highest BCUT2D eigenvalue weighted by Crippen LogP contribution is 2.29. The molecule has 2 aliphatic heterocycles. The van der Waals surface area contributed by atoms with Crippen LogP contribution in [0, 0.1) is 0 Å². The molecule has 0 aromatic carbocycles. The Labute approximate surface area is 109 Å². The normalized spacial score (nSPS) is 25.6. The molecular weight excluding hydrogens is 256 g/mol. The minimum absolute atomic E-state index is 0.0769. The minimum Gasteiger partial charge on any atom is -0.465 e. The quantitative estimate of drug-likeness (QED) is 0.787. The van der Waals surface area contributed by atoms with Crippen molar-refractivity contribution in [2.75, 3.05) is 25.1 Å². The van der Waals surface area contributed by atoms with Crippen molar-refractivity contribution in [1.29, 1.82) is 0 Å². The molecule has 6 nitrogen and oxygen atoms in total. The summed E-state index contributed by atoms with van der Waals surface area (Å²) in [7, 11) is 1.32. The number of methoxy groups -OCH3 is 1. The van der Waals surface area contributed by atoms with Crippen LogP contribution in [0.3, 0.4) is 0 Å². The van der Waals surface area contributed by atoms with Gasteiger partial charge in [-0.2, -0.15) is 0 Å². The van der Waals surface area contributed by atoms with E-state index in [0.717, 1.165) is 19.5 Å². The van der Waals surface area contributed by atoms with Crippen LogP contribution in [-0.4, -0.2) is 48.4 Å². The number of carbonyl (C=O) groups is 1. The lowest BCUT2D eigenvalue weighted by Gasteiger charge is -2.28. The summed E-state index contributed by atoms with van der Waals surface area (Å²) < 4.78 is 4.67. The molecule has 0 radical (unpaired) electrons. The SMILES string of the molecule is COC(=O)c1cc(N2C[C@@H]3CC2CN3)nnc1Cl. The van der Waals surface area contributed by atoms with Gasteiger partial charge in [-0.3, -0.25) is 0 Å². The Bertz CT molecular complexity index is 496. The predicted molar refractivity (Wildman–Crippen MR) is 65.9 cm³/mol. The second kappa shape index (κ2) is 4.37. The number of aromatic nitrogens is 2. The summed E-state index contributed by atoms with van der Waals surface area (Å²) in [4.78, 5) is 13.7. The zero-order chi connectivity index (χ0) is 12.7. The Balaban J connectivity index is 1.91. The molecule has 2 bridgehead atoms. The first-order valence-corrected chi connectivity index (χ1v) is 6.18. The number of nitrogens with one attached hydrogen (secondary N) is 1. The molecule has 2 atom stereocenters. The van der Waals surface area contributed by atoms with E-state index in [9.17, 15) is 4.79 Å². The smallest absolute Gasteiger partial charge is 0.341 e. The summed E-state index contributed by atoms with van der Waals surface area (Å²) in [6, 6.07) is 2.59. The summed E-state index contributed by atoms with van der Waals surface area (Å²) in [6.45, 7) is 1.84. The van der Waals surface area contributed by atoms with Gasteiger partial charge in [-0.1, -0.05) is 11.6 Å². The molecule has 1 aromatic rings. The standard InChI is InChI=1S/C11H13ClN4O2/c1-18-11(17)8-3-9(14-15-10(8)12)16-5-6-2-7(16)4-13-6/h3,6-7,13H,2,4-5H2,1H3/t6-,7?/m0/s1. The Kier molecular flexibility index (Phi) is 2.83. The van der Waals surface area contributed by atoms with Crippen molar-refractivity contribution < 1.29 is 9.53 Å². The van der Waals surface area contributed by atoms with Gasteiger partial charge < -0.3 is 15.0 Å². The molecule has 1 unspecified atom stereocenters. The zero-order valence-electron chi connectivity index (χ0n) is 9.89. The van der Waals surface area contributed by atoms with E-state index in [1.165, 1.54) is 7.11 Å². The lowest BCUT2D eigenvalue weighted by Crippen LogP contribution is -2.44. The van der Waals surface area contributed by atoms with Gasteiger partial charge in [-0.25, -0.2) is 4.79 Å². The Morgan fingerprint density at radius 3 is 3.06 bits per heavy atom. The fraction of sp³-hybridized carbons (Fsp3) is 0.545. The van der Waals surface area contributed by atoms with Crippen LogP contribution in [0.15, 0.2) is 6.07 Å². The predicted octanol–water partition coefficient (Wildman–Crippen LogP) is 0.467. The molecule has 0 amide bonds. The molecule has 1 aromatic heterocycles. The molecule has 2 aliphatic rings. The van der Waals surface area contributed by atoms with Crippen LogP contribution >= 0.6 is 11.6 Å². The van der Waals surface area contributed by atoms with Crippen molar-refractivity contribution in [3.8, 4) is 0 Å². The maximum absolute atomic E-state index is 11.6. The molecule has 1 N–H and O–H groups in total. The van der Waals surface area contributed by atoms with Gasteiger partial charge in [0.05, 0.1) is 7.11 Å². The maximum Gasteiger partial charge on any atom is 0.341 e. The molecule has 3 rings (SSSR count). The molecule has 18 heavy (non-hydrogen) atoms. The fourth-order valence-electron chi connectivity index (χ4n) is 2.60. The van der Waals surface area contributed by atoms with Crippen molar-refractivity contribution in [1.82, 2.24) is 15.5 Å². The molecule has 2 saturated heterocycles. The number of anilines is 1. The van der Waals surface area contributed by atoms with Gasteiger partial charge in [0.25, 0.3) is 0 Å². The van der Waals surface area contributed by atoms with Crippen molar-refractivity contribution in [3.63, 3.8) is 0 Å². The molecule has 96 valence electrons. The van der Waals surface area contributed by atoms with E-state index in [-0.39, 0.29) is 10.7 Å². The monoisotopic (exact) mass is 268 g/mol. The summed E-state index contributed by atoms with van der Waals surface area (Å²) in [6.07, 6.45) is 1.11. The van der Waals surface area contributed by atoms with Crippen LogP contribution in [0.1, 0.15) is 16.8 Å². The third-order valence-electron chi connectivity index (χ3n) is 3.49. The largest absolute Gasteiger partial charge is 0.465 e. The third kappa shape index (κ3) is 1.81. The van der Waals surface area contributed by atoms with E-state index in [2.05, 4.69) is 25.2 Å². The third-order valence-corrected chi connectivity index (χ3v) is 3.77. The van der Waals surface area contributed by atoms with Gasteiger partial charge in [0.2, 0.25) is 0 Å². The average molecular weight is 269 g/mol. The van der Waals surface area contributed by atoms with Crippen LogP contribution in [0.4, 0.5) is 5.82 Å². The van der Waals surface area contributed by atoms with Gasteiger partial charge in [0, 0.05) is 31.2 Å². The first kappa shape index (κ1) is 11.7. The fourth-order valence-corrected chi connectivity index (χ4v) is 2.77. The first-order chi connectivity index (χ1) is 8.69. The van der Waals surface area contributed by atoms with Crippen LogP contribution < -0.4 is 10.2 Å². The molecule has 0 saturated carbocycles. The second-order valence-electron chi connectivity index (χ2n) is 4.55. The van der Waals surface area contributed by atoms with E-state index in [4.69, 9.17) is 11.6 Å². The van der Waals surface area contributed by atoms with Crippen LogP contribution in [-0.2, 0) is 4.74 Å². The van der Waals surface area contributed by atoms with E-state index in [0.29, 0.717) is 17.9 Å². The summed E-state index contributed by atoms with van der Waals surface area (Å²) in [5, 5.41) is 11.4. The molecular formula is C11H13ClN4O2. The van der Waals surface area contributed by atoms with Gasteiger partial charge >= 0.3 is 5.97 Å². The number of esters is 1. The van der Waals surface area contributed by atoms with Gasteiger partial charge in [-0.05, 0) is 6.42 Å². The average Bonchev–Trinajstić information content (AvgIpc) is 3.00. The lowest BCUT2D eigenvalue weighted by molar-refractivity contribution is 0.0600. The highest BCUT2D eigenvalue weighted by atomic mass is 35.5. The van der Waals surface area contributed by atoms with E-state index in [1.54, 1.807) is 6.07 Å². The number of hydrogen-bond acceptors (Lipinski definition) is 6. The molecule has 0 spiro atoms. The van der Waals surface area contributed by atoms with Crippen LogP contribution in [0.2, 0.25) is 5.15 Å². The molecule has 2 fully saturated rings. The van der Waals surface area contributed by atoms with Gasteiger partial charge in [0.1, 0.15) is 5.56 Å². The van der Waals surface area contributed by atoms with Crippen molar-refractivity contribution >= 4 is 23.4 Å². The van der Waals surface area contributed by atoms with E-state index in [1.807, 2.05) is 0 Å². The van der Waals surface area contributed by atoms with E-state index < -0.39 is 5.97 Å². The minimum atomic E-state index is -0.487. The van der Waals surface area contributed by atoms with Crippen molar-refractivity contribution in [2.24, 2.45) is 0 Å². The maximum atomic E-state index is 11.6. The number of piperazine rings is 1. The molecule has 7 heteroatoms. The van der Waals surface area contributed by atoms with E-state index >= 15 is 0 Å². The Morgan fingerprint density at radius 1 is 1.61 bits per heavy atom. The first-order valence-electron chi connectivity index (χ1n) is 5.80. The van der Waals surface area contributed by atoms with Gasteiger partial charge in [-0.15, -0.1) is 10.2 Å².